The monoisotopic (exact) mass is 495 g/mol. The molecule has 9 nitrogen and oxygen atoms in total. The number of aryl methyl sites for hydroxylation is 1. The lowest BCUT2D eigenvalue weighted by molar-refractivity contribution is -0.107. The number of nitrogens with two attached hydrogens (primary N) is 2. The number of hydrazine groups is 1. The number of hydrazone groups is 1. The number of likely N-dealkylation sites (N-methyl/N-ethyl adjacent to an activating group) is 1. The van der Waals surface area contributed by atoms with E-state index in [1.54, 1.807) is 13.0 Å². The molecule has 2 aromatic rings. The number of hydrogen-bond acceptors (Lipinski definition) is 8. The van der Waals surface area contributed by atoms with Gasteiger partial charge >= 0.3 is 0 Å². The Kier molecular flexibility index (Phi) is 9.90. The van der Waals surface area contributed by atoms with E-state index in [2.05, 4.69) is 21.9 Å². The second-order valence-electron chi connectivity index (χ2n) is 9.03. The van der Waals surface area contributed by atoms with Crippen molar-refractivity contribution in [3.05, 3.63) is 64.5 Å². The number of piperazine rings is 1. The van der Waals surface area contributed by atoms with Crippen molar-refractivity contribution < 1.29 is 13.9 Å². The molecule has 0 aromatic heterocycles. The molecule has 0 radical (unpaired) electrons. The van der Waals surface area contributed by atoms with Crippen LogP contribution in [0.4, 0.5) is 10.1 Å². The van der Waals surface area contributed by atoms with E-state index < -0.39 is 5.82 Å². The lowest BCUT2D eigenvalue weighted by Crippen LogP contribution is -2.57. The maximum absolute atomic E-state index is 13.6. The fourth-order valence-corrected chi connectivity index (χ4v) is 4.55. The Hall–Kier alpha value is -3.36. The van der Waals surface area contributed by atoms with Crippen LogP contribution in [0.2, 0.25) is 0 Å². The Balaban J connectivity index is 0.000000214. The predicted molar refractivity (Wildman–Crippen MR) is 138 cm³/mol. The summed E-state index contributed by atoms with van der Waals surface area (Å²) in [5.41, 5.74) is 3.62. The first-order chi connectivity index (χ1) is 17.4. The summed E-state index contributed by atoms with van der Waals surface area (Å²) in [7, 11) is 2.13. The molecule has 10 heteroatoms. The number of carbonyl (C=O) groups is 1. The summed E-state index contributed by atoms with van der Waals surface area (Å²) >= 11 is 0. The number of halogens is 1. The molecule has 0 saturated carbocycles. The van der Waals surface area contributed by atoms with Gasteiger partial charge in [-0.2, -0.15) is 10.4 Å². The zero-order valence-corrected chi connectivity index (χ0v) is 20.8. The second-order valence-corrected chi connectivity index (χ2v) is 9.03. The zero-order chi connectivity index (χ0) is 26.1. The fraction of sp³-hybridized carbons (Fsp3) is 0.423. The van der Waals surface area contributed by atoms with E-state index in [-0.39, 0.29) is 11.7 Å². The first-order valence-corrected chi connectivity index (χ1v) is 11.9. The largest absolute Gasteiger partial charge is 0.370 e. The lowest BCUT2D eigenvalue weighted by Gasteiger charge is -2.45. The van der Waals surface area contributed by atoms with Crippen molar-refractivity contribution >= 4 is 18.3 Å². The summed E-state index contributed by atoms with van der Waals surface area (Å²) in [5.74, 6) is 10.2. The standard InChI is InChI=1S/C16H20FN3O.C10H14N4O/c1-11-13(3-4-15(17)14(11)7-18)16-9-20-6-5-19(2)8-12(20)10-21-16;11-13-8-14(12)10-5-1-3-9(7-10)4-2-6-15/h3-4,12,16H,5-6,8-10H2,1-2H3;1,3,5-8H,2,4,11-12H2/b;13-8-. The Morgan fingerprint density at radius 3 is 2.83 bits per heavy atom. The number of rotatable bonds is 6. The van der Waals surface area contributed by atoms with E-state index >= 15 is 0 Å². The van der Waals surface area contributed by atoms with E-state index in [0.717, 1.165) is 49.3 Å². The van der Waals surface area contributed by atoms with Gasteiger partial charge in [0.2, 0.25) is 0 Å². The van der Waals surface area contributed by atoms with E-state index in [4.69, 9.17) is 21.7 Å². The molecule has 36 heavy (non-hydrogen) atoms. The number of aldehydes is 1. The summed E-state index contributed by atoms with van der Waals surface area (Å²) in [6.45, 7) is 6.43. The van der Waals surface area contributed by atoms with Gasteiger partial charge in [0, 0.05) is 38.6 Å². The summed E-state index contributed by atoms with van der Waals surface area (Å²) in [6, 6.07) is 13.1. The molecule has 2 aliphatic rings. The average molecular weight is 496 g/mol. The van der Waals surface area contributed by atoms with Crippen molar-refractivity contribution in [2.24, 2.45) is 16.8 Å². The number of fused-ring (bicyclic) bond motifs is 1. The Morgan fingerprint density at radius 1 is 1.31 bits per heavy atom. The van der Waals surface area contributed by atoms with Gasteiger partial charge in [-0.15, -0.1) is 0 Å². The lowest BCUT2D eigenvalue weighted by atomic mass is 9.96. The fourth-order valence-electron chi connectivity index (χ4n) is 4.55. The topological polar surface area (TPSA) is 124 Å². The minimum atomic E-state index is -0.452. The molecule has 0 aliphatic carbocycles. The number of nitriles is 1. The van der Waals surface area contributed by atoms with Crippen LogP contribution in [0.15, 0.2) is 41.5 Å². The molecule has 2 aliphatic heterocycles. The Labute approximate surface area is 211 Å². The van der Waals surface area contributed by atoms with Crippen LogP contribution in [-0.4, -0.2) is 68.3 Å². The molecule has 2 unspecified atom stereocenters. The summed E-state index contributed by atoms with van der Waals surface area (Å²) in [5, 5.41) is 13.7. The molecule has 2 heterocycles. The van der Waals surface area contributed by atoms with Crippen molar-refractivity contribution in [1.82, 2.24) is 9.80 Å². The van der Waals surface area contributed by atoms with Gasteiger partial charge in [0.15, 0.2) is 0 Å². The number of nitrogens with zero attached hydrogens (tertiary/aromatic N) is 5. The molecule has 0 spiro atoms. The number of anilines is 1. The maximum atomic E-state index is 13.6. The quantitative estimate of drug-likeness (QED) is 0.205. The van der Waals surface area contributed by atoms with Gasteiger partial charge in [0.05, 0.1) is 24.0 Å². The molecule has 0 bridgehead atoms. The number of ether oxygens (including phenoxy) is 1. The normalized spacial score (nSPS) is 20.2. The third-order valence-corrected chi connectivity index (χ3v) is 6.56. The molecular formula is C26H34FN7O2. The van der Waals surface area contributed by atoms with E-state index in [9.17, 15) is 9.18 Å². The summed E-state index contributed by atoms with van der Waals surface area (Å²) in [4.78, 5) is 15.0. The first kappa shape index (κ1) is 27.2. The van der Waals surface area contributed by atoms with Crippen molar-refractivity contribution in [3.8, 4) is 6.07 Å². The van der Waals surface area contributed by atoms with Crippen LogP contribution in [0.5, 0.6) is 0 Å². The van der Waals surface area contributed by atoms with Gasteiger partial charge in [-0.3, -0.25) is 9.91 Å². The molecule has 0 amide bonds. The molecule has 2 aromatic carbocycles. The number of hydrogen-bond donors (Lipinski definition) is 2. The van der Waals surface area contributed by atoms with Crippen LogP contribution in [0.3, 0.4) is 0 Å². The van der Waals surface area contributed by atoms with Crippen molar-refractivity contribution in [3.63, 3.8) is 0 Å². The molecule has 2 fully saturated rings. The minimum Gasteiger partial charge on any atom is -0.370 e. The van der Waals surface area contributed by atoms with Crippen molar-refractivity contribution in [1.29, 1.82) is 5.26 Å². The highest BCUT2D eigenvalue weighted by atomic mass is 19.1. The van der Waals surface area contributed by atoms with E-state index in [0.29, 0.717) is 31.1 Å². The molecule has 4 rings (SSSR count). The second kappa shape index (κ2) is 13.1. The Morgan fingerprint density at radius 2 is 2.11 bits per heavy atom. The first-order valence-electron chi connectivity index (χ1n) is 11.9. The third-order valence-electron chi connectivity index (χ3n) is 6.56. The summed E-state index contributed by atoms with van der Waals surface area (Å²) in [6.07, 6.45) is 3.37. The predicted octanol–water partition coefficient (Wildman–Crippen LogP) is 2.09. The van der Waals surface area contributed by atoms with E-state index in [1.165, 1.54) is 17.4 Å². The van der Waals surface area contributed by atoms with Crippen LogP contribution in [0.1, 0.15) is 34.8 Å². The maximum Gasteiger partial charge on any atom is 0.141 e. The van der Waals surface area contributed by atoms with Gasteiger partial charge in [0.1, 0.15) is 24.5 Å². The number of morpholine rings is 1. The molecule has 2 saturated heterocycles. The van der Waals surface area contributed by atoms with Gasteiger partial charge < -0.3 is 20.3 Å². The zero-order valence-electron chi connectivity index (χ0n) is 20.8. The van der Waals surface area contributed by atoms with Crippen LogP contribution < -0.4 is 16.7 Å². The molecule has 192 valence electrons. The van der Waals surface area contributed by atoms with Crippen molar-refractivity contribution in [2.45, 2.75) is 31.9 Å². The SMILES string of the molecule is Cc1c(C2CN3CCN(C)CC3CO2)ccc(F)c1C#N.N/N=C\N(N)c1cccc(CCC=O)c1. The molecular weight excluding hydrogens is 461 g/mol. The van der Waals surface area contributed by atoms with Gasteiger partial charge in [0.25, 0.3) is 0 Å². The minimum absolute atomic E-state index is 0.0719. The van der Waals surface area contributed by atoms with Crippen LogP contribution >= 0.6 is 0 Å². The molecule has 4 N–H and O–H groups in total. The highest BCUT2D eigenvalue weighted by Gasteiger charge is 2.33. The van der Waals surface area contributed by atoms with Crippen LogP contribution in [0.25, 0.3) is 0 Å². The van der Waals surface area contributed by atoms with Crippen molar-refractivity contribution in [2.75, 3.05) is 44.8 Å². The molecule has 2 atom stereocenters. The number of carbonyl (C=O) groups excluding carboxylic acids is 1. The van der Waals surface area contributed by atoms with Gasteiger partial charge in [-0.25, -0.2) is 10.2 Å². The highest BCUT2D eigenvalue weighted by Crippen LogP contribution is 2.30. The van der Waals surface area contributed by atoms with Crippen LogP contribution in [-0.2, 0) is 16.0 Å². The average Bonchev–Trinajstić information content (AvgIpc) is 2.88. The highest BCUT2D eigenvalue weighted by molar-refractivity contribution is 5.77. The Bertz CT molecular complexity index is 1100. The van der Waals surface area contributed by atoms with Crippen LogP contribution in [0, 0.1) is 24.1 Å². The third kappa shape index (κ3) is 6.86. The summed E-state index contributed by atoms with van der Waals surface area (Å²) < 4.78 is 19.6. The van der Waals surface area contributed by atoms with Gasteiger partial charge in [-0.05, 0) is 55.3 Å². The number of benzene rings is 2. The van der Waals surface area contributed by atoms with E-state index in [1.807, 2.05) is 30.3 Å². The van der Waals surface area contributed by atoms with Gasteiger partial charge in [-0.1, -0.05) is 18.2 Å². The smallest absolute Gasteiger partial charge is 0.141 e.